The van der Waals surface area contributed by atoms with Gasteiger partial charge in [0, 0.05) is 17.8 Å². The topological polar surface area (TPSA) is 71.2 Å². The standard InChI is InChI=1S/C11H11F2N3O2/c12-8-1-2-9(10(13)5-8)11(18,7-17)6-16-4-3-14-15-16/h1-5,17-18H,6-7H2. The molecular weight excluding hydrogens is 244 g/mol. The van der Waals surface area contributed by atoms with Crippen LogP contribution in [0.3, 0.4) is 0 Å². The van der Waals surface area contributed by atoms with Gasteiger partial charge in [0.2, 0.25) is 0 Å². The van der Waals surface area contributed by atoms with Crippen LogP contribution in [0.15, 0.2) is 30.6 Å². The van der Waals surface area contributed by atoms with Crippen molar-refractivity contribution in [1.82, 2.24) is 15.0 Å². The van der Waals surface area contributed by atoms with Gasteiger partial charge in [0.15, 0.2) is 0 Å². The number of aromatic nitrogens is 3. The van der Waals surface area contributed by atoms with E-state index in [2.05, 4.69) is 10.3 Å². The van der Waals surface area contributed by atoms with E-state index in [4.69, 9.17) is 0 Å². The summed E-state index contributed by atoms with van der Waals surface area (Å²) in [5.74, 6) is -1.68. The van der Waals surface area contributed by atoms with E-state index in [1.807, 2.05) is 0 Å². The van der Waals surface area contributed by atoms with Crippen LogP contribution < -0.4 is 0 Å². The number of aliphatic hydroxyl groups is 2. The maximum Gasteiger partial charge on any atom is 0.135 e. The van der Waals surface area contributed by atoms with Gasteiger partial charge in [0.05, 0.1) is 19.3 Å². The average Bonchev–Trinajstić information content (AvgIpc) is 2.81. The molecule has 0 saturated carbocycles. The highest BCUT2D eigenvalue weighted by Crippen LogP contribution is 2.25. The predicted molar refractivity (Wildman–Crippen MR) is 57.4 cm³/mol. The van der Waals surface area contributed by atoms with Crippen LogP contribution in [0.2, 0.25) is 0 Å². The summed E-state index contributed by atoms with van der Waals surface area (Å²) in [6, 6.07) is 2.76. The SMILES string of the molecule is OCC(O)(Cn1ccnn1)c1ccc(F)cc1F. The van der Waals surface area contributed by atoms with E-state index in [1.165, 1.54) is 17.1 Å². The summed E-state index contributed by atoms with van der Waals surface area (Å²) in [5, 5.41) is 26.7. The summed E-state index contributed by atoms with van der Waals surface area (Å²) in [4.78, 5) is 0. The lowest BCUT2D eigenvalue weighted by molar-refractivity contribution is -0.0386. The maximum absolute atomic E-state index is 13.6. The molecule has 0 radical (unpaired) electrons. The zero-order valence-corrected chi connectivity index (χ0v) is 9.29. The van der Waals surface area contributed by atoms with Crippen molar-refractivity contribution in [2.45, 2.75) is 12.1 Å². The van der Waals surface area contributed by atoms with Gasteiger partial charge >= 0.3 is 0 Å². The van der Waals surface area contributed by atoms with E-state index >= 15 is 0 Å². The summed E-state index contributed by atoms with van der Waals surface area (Å²) < 4.78 is 27.7. The maximum atomic E-state index is 13.6. The third-order valence-electron chi connectivity index (χ3n) is 2.59. The van der Waals surface area contributed by atoms with Crippen molar-refractivity contribution >= 4 is 0 Å². The highest BCUT2D eigenvalue weighted by Gasteiger charge is 2.32. The minimum Gasteiger partial charge on any atom is -0.393 e. The molecule has 2 rings (SSSR count). The first kappa shape index (κ1) is 12.6. The molecule has 0 saturated heterocycles. The Morgan fingerprint density at radius 3 is 2.67 bits per heavy atom. The van der Waals surface area contributed by atoms with E-state index in [-0.39, 0.29) is 12.1 Å². The lowest BCUT2D eigenvalue weighted by Crippen LogP contribution is -2.36. The molecule has 0 aliphatic carbocycles. The molecule has 0 fully saturated rings. The van der Waals surface area contributed by atoms with Crippen molar-refractivity contribution in [2.75, 3.05) is 6.61 Å². The Balaban J connectivity index is 2.36. The van der Waals surface area contributed by atoms with Crippen LogP contribution in [-0.4, -0.2) is 31.8 Å². The van der Waals surface area contributed by atoms with Crippen molar-refractivity contribution in [3.05, 3.63) is 47.8 Å². The van der Waals surface area contributed by atoms with E-state index in [0.717, 1.165) is 12.1 Å². The first-order valence-electron chi connectivity index (χ1n) is 5.18. The molecule has 1 unspecified atom stereocenters. The zero-order valence-electron chi connectivity index (χ0n) is 9.29. The van der Waals surface area contributed by atoms with Gasteiger partial charge in [0.1, 0.15) is 17.2 Å². The minimum atomic E-state index is -1.88. The fourth-order valence-electron chi connectivity index (χ4n) is 1.67. The third kappa shape index (κ3) is 2.36. The summed E-state index contributed by atoms with van der Waals surface area (Å²) in [6.45, 7) is -0.915. The van der Waals surface area contributed by atoms with Crippen LogP contribution in [-0.2, 0) is 12.1 Å². The lowest BCUT2D eigenvalue weighted by atomic mass is 9.94. The Labute approximate surface area is 101 Å². The normalized spacial score (nSPS) is 14.4. The third-order valence-corrected chi connectivity index (χ3v) is 2.59. The number of rotatable bonds is 4. The molecule has 96 valence electrons. The monoisotopic (exact) mass is 255 g/mol. The van der Waals surface area contributed by atoms with Gasteiger partial charge in [-0.3, -0.25) is 0 Å². The van der Waals surface area contributed by atoms with Crippen molar-refractivity contribution in [1.29, 1.82) is 0 Å². The molecule has 0 spiro atoms. The van der Waals surface area contributed by atoms with E-state index in [9.17, 15) is 19.0 Å². The molecule has 0 aliphatic rings. The van der Waals surface area contributed by atoms with Crippen LogP contribution >= 0.6 is 0 Å². The molecule has 5 nitrogen and oxygen atoms in total. The van der Waals surface area contributed by atoms with Crippen molar-refractivity contribution in [3.8, 4) is 0 Å². The predicted octanol–water partition coefficient (Wildman–Crippen LogP) is 0.436. The Bertz CT molecular complexity index is 533. The molecule has 7 heteroatoms. The highest BCUT2D eigenvalue weighted by atomic mass is 19.1. The molecule has 18 heavy (non-hydrogen) atoms. The summed E-state index contributed by atoms with van der Waals surface area (Å²) in [7, 11) is 0. The van der Waals surface area contributed by atoms with Crippen LogP contribution in [0.25, 0.3) is 0 Å². The Morgan fingerprint density at radius 2 is 2.11 bits per heavy atom. The largest absolute Gasteiger partial charge is 0.393 e. The van der Waals surface area contributed by atoms with Gasteiger partial charge in [-0.15, -0.1) is 5.10 Å². The lowest BCUT2D eigenvalue weighted by Gasteiger charge is -2.26. The first-order valence-corrected chi connectivity index (χ1v) is 5.18. The zero-order chi connectivity index (χ0) is 13.2. The van der Waals surface area contributed by atoms with Crippen LogP contribution in [0.1, 0.15) is 5.56 Å². The molecular formula is C11H11F2N3O2. The first-order chi connectivity index (χ1) is 8.55. The molecule has 2 aromatic rings. The molecule has 0 aliphatic heterocycles. The van der Waals surface area contributed by atoms with E-state index in [1.54, 1.807) is 0 Å². The van der Waals surface area contributed by atoms with Crippen molar-refractivity contribution in [3.63, 3.8) is 0 Å². The van der Waals surface area contributed by atoms with Gasteiger partial charge in [0.25, 0.3) is 0 Å². The summed E-state index contributed by atoms with van der Waals surface area (Å²) >= 11 is 0. The van der Waals surface area contributed by atoms with E-state index in [0.29, 0.717) is 6.07 Å². The van der Waals surface area contributed by atoms with Gasteiger partial charge in [-0.2, -0.15) is 0 Å². The molecule has 1 aromatic carbocycles. The second-order valence-electron chi connectivity index (χ2n) is 3.91. The Kier molecular flexibility index (Phi) is 3.35. The second kappa shape index (κ2) is 4.79. The molecule has 1 aromatic heterocycles. The minimum absolute atomic E-state index is 0.188. The van der Waals surface area contributed by atoms with Crippen molar-refractivity contribution < 1.29 is 19.0 Å². The number of hydrogen-bond acceptors (Lipinski definition) is 4. The molecule has 2 N–H and O–H groups in total. The van der Waals surface area contributed by atoms with Crippen LogP contribution in [0.4, 0.5) is 8.78 Å². The van der Waals surface area contributed by atoms with Crippen molar-refractivity contribution in [2.24, 2.45) is 0 Å². The summed E-state index contributed by atoms with van der Waals surface area (Å²) in [5.41, 5.74) is -2.08. The number of benzene rings is 1. The number of nitrogens with zero attached hydrogens (tertiary/aromatic N) is 3. The fourth-order valence-corrected chi connectivity index (χ4v) is 1.67. The highest BCUT2D eigenvalue weighted by molar-refractivity contribution is 5.25. The van der Waals surface area contributed by atoms with Crippen LogP contribution in [0, 0.1) is 11.6 Å². The number of halogens is 2. The second-order valence-corrected chi connectivity index (χ2v) is 3.91. The van der Waals surface area contributed by atoms with E-state index < -0.39 is 23.8 Å². The Morgan fingerprint density at radius 1 is 1.33 bits per heavy atom. The average molecular weight is 255 g/mol. The summed E-state index contributed by atoms with van der Waals surface area (Å²) in [6.07, 6.45) is 2.85. The number of aliphatic hydroxyl groups excluding tert-OH is 1. The molecule has 0 amide bonds. The van der Waals surface area contributed by atoms with Gasteiger partial charge < -0.3 is 10.2 Å². The van der Waals surface area contributed by atoms with Gasteiger partial charge in [-0.25, -0.2) is 13.5 Å². The molecule has 1 heterocycles. The van der Waals surface area contributed by atoms with Gasteiger partial charge in [-0.1, -0.05) is 11.3 Å². The quantitative estimate of drug-likeness (QED) is 0.831. The van der Waals surface area contributed by atoms with Gasteiger partial charge in [-0.05, 0) is 6.07 Å². The smallest absolute Gasteiger partial charge is 0.135 e. The molecule has 1 atom stereocenters. The van der Waals surface area contributed by atoms with Crippen LogP contribution in [0.5, 0.6) is 0 Å². The molecule has 0 bridgehead atoms. The fraction of sp³-hybridized carbons (Fsp3) is 0.273. The number of hydrogen-bond donors (Lipinski definition) is 2. The Hall–Kier alpha value is -1.86.